The van der Waals surface area contributed by atoms with Crippen LogP contribution in [-0.2, 0) is 12.4 Å². The van der Waals surface area contributed by atoms with E-state index in [1.165, 1.54) is 0 Å². The van der Waals surface area contributed by atoms with Crippen molar-refractivity contribution in [3.63, 3.8) is 0 Å². The molecule has 1 aromatic carbocycles. The van der Waals surface area contributed by atoms with Crippen molar-refractivity contribution >= 4 is 13.3 Å². The number of benzene rings is 1. The summed E-state index contributed by atoms with van der Waals surface area (Å²) in [5.74, 6) is 0. The Hall–Kier alpha value is -1.50. The van der Waals surface area contributed by atoms with Gasteiger partial charge in [0.2, 0.25) is 0 Å². The van der Waals surface area contributed by atoms with E-state index in [0.29, 0.717) is 6.42 Å². The van der Waals surface area contributed by atoms with Gasteiger partial charge in [0.15, 0.2) is 0 Å². The summed E-state index contributed by atoms with van der Waals surface area (Å²) in [6, 6.07) is 1.96. The Morgan fingerprint density at radius 1 is 0.833 bits per heavy atom. The fraction of sp³-hybridized carbons (Fsp3) is 0.412. The molecule has 24 heavy (non-hydrogen) atoms. The van der Waals surface area contributed by atoms with Gasteiger partial charge in [-0.25, -0.2) is 0 Å². The number of alkyl halides is 6. The molecule has 1 aliphatic rings. The molecule has 0 nitrogen and oxygen atoms in total. The predicted molar refractivity (Wildman–Crippen MR) is 84.6 cm³/mol. The van der Waals surface area contributed by atoms with Gasteiger partial charge in [0.25, 0.3) is 0 Å². The van der Waals surface area contributed by atoms with Crippen molar-refractivity contribution in [1.29, 1.82) is 0 Å². The molecule has 0 N–H and O–H groups in total. The van der Waals surface area contributed by atoms with Gasteiger partial charge in [-0.3, -0.25) is 0 Å². The van der Waals surface area contributed by atoms with Crippen LogP contribution in [0.3, 0.4) is 0 Å². The van der Waals surface area contributed by atoms with Crippen molar-refractivity contribution in [3.05, 3.63) is 51.7 Å². The molecule has 1 aliphatic carbocycles. The number of rotatable bonds is 2. The molecule has 0 amide bonds. The van der Waals surface area contributed by atoms with Crippen LogP contribution in [0.5, 0.6) is 0 Å². The molecule has 0 saturated heterocycles. The van der Waals surface area contributed by atoms with Gasteiger partial charge in [-0.1, -0.05) is 52.8 Å². The molecule has 0 radical (unpaired) electrons. The summed E-state index contributed by atoms with van der Waals surface area (Å²) in [6.07, 6.45) is -7.06. The third kappa shape index (κ3) is 3.60. The molecule has 0 aromatic heterocycles. The minimum Gasteiger partial charge on any atom is -0.166 e. The van der Waals surface area contributed by atoms with Crippen molar-refractivity contribution in [1.82, 2.24) is 0 Å². The van der Waals surface area contributed by atoms with Crippen LogP contribution >= 0.6 is 0 Å². The molecule has 0 spiro atoms. The van der Waals surface area contributed by atoms with Crippen LogP contribution in [0.25, 0.3) is 0 Å². The van der Waals surface area contributed by atoms with Gasteiger partial charge >= 0.3 is 12.4 Å². The maximum absolute atomic E-state index is 13.1. The molecule has 0 atom stereocenters. The second kappa shape index (κ2) is 5.79. The van der Waals surface area contributed by atoms with E-state index in [4.69, 9.17) is 0 Å². The largest absolute Gasteiger partial charge is 0.416 e. The molecule has 7 heteroatoms. The highest BCUT2D eigenvalue weighted by molar-refractivity contribution is 6.95. The van der Waals surface area contributed by atoms with Gasteiger partial charge in [0, 0.05) is 0 Å². The fourth-order valence-electron chi connectivity index (χ4n) is 3.13. The summed E-state index contributed by atoms with van der Waals surface area (Å²) in [6.45, 7) is 7.37. The van der Waals surface area contributed by atoms with E-state index in [9.17, 15) is 26.3 Å². The Morgan fingerprint density at radius 2 is 1.29 bits per heavy atom. The van der Waals surface area contributed by atoms with Crippen LogP contribution in [0, 0.1) is 0 Å². The number of halogens is 6. The molecule has 0 fully saturated rings. The van der Waals surface area contributed by atoms with E-state index < -0.39 is 31.6 Å². The average Bonchev–Trinajstić information content (AvgIpc) is 2.76. The Kier molecular flexibility index (Phi) is 4.54. The molecular formula is C17H18F6Si. The molecular weight excluding hydrogens is 346 g/mol. The molecule has 2 rings (SSSR count). The molecule has 0 aliphatic heterocycles. The Morgan fingerprint density at radius 3 is 1.62 bits per heavy atom. The first-order valence-corrected chi connectivity index (χ1v) is 10.4. The van der Waals surface area contributed by atoms with Crippen molar-refractivity contribution < 1.29 is 26.3 Å². The summed E-state index contributed by atoms with van der Waals surface area (Å²) < 4.78 is 78.4. The smallest absolute Gasteiger partial charge is 0.166 e. The third-order valence-corrected chi connectivity index (χ3v) is 8.27. The second-order valence-corrected chi connectivity index (χ2v) is 11.2. The zero-order chi connectivity index (χ0) is 18.5. The Labute approximate surface area is 137 Å². The van der Waals surface area contributed by atoms with Gasteiger partial charge < -0.3 is 0 Å². The first-order chi connectivity index (χ1) is 10.7. The lowest BCUT2D eigenvalue weighted by Gasteiger charge is -2.28. The normalized spacial score (nSPS) is 16.7. The highest BCUT2D eigenvalue weighted by Crippen LogP contribution is 2.37. The fourth-order valence-corrected chi connectivity index (χ4v) is 6.29. The lowest BCUT2D eigenvalue weighted by atomic mass is 10.1. The van der Waals surface area contributed by atoms with Gasteiger partial charge in [-0.15, -0.1) is 0 Å². The monoisotopic (exact) mass is 364 g/mol. The Bertz CT molecular complexity index is 687. The van der Waals surface area contributed by atoms with Crippen LogP contribution < -0.4 is 5.19 Å². The van der Waals surface area contributed by atoms with Crippen molar-refractivity contribution in [3.8, 4) is 0 Å². The van der Waals surface area contributed by atoms with Gasteiger partial charge in [-0.05, 0) is 26.3 Å². The van der Waals surface area contributed by atoms with Crippen LogP contribution in [0.2, 0.25) is 13.1 Å². The summed E-state index contributed by atoms with van der Waals surface area (Å²) in [7, 11) is -2.64. The number of hydrogen-bond acceptors (Lipinski definition) is 0. The van der Waals surface area contributed by atoms with Gasteiger partial charge in [0.1, 0.15) is 8.07 Å². The van der Waals surface area contributed by atoms with Crippen LogP contribution in [0.1, 0.15) is 31.4 Å². The number of allylic oxidation sites excluding steroid dienone is 4. The minimum atomic E-state index is -4.81. The summed E-state index contributed by atoms with van der Waals surface area (Å²) >= 11 is 0. The molecule has 1 aromatic rings. The van der Waals surface area contributed by atoms with Crippen LogP contribution in [0.4, 0.5) is 26.3 Å². The zero-order valence-corrected chi connectivity index (χ0v) is 14.8. The van der Waals surface area contributed by atoms with E-state index >= 15 is 0 Å². The van der Waals surface area contributed by atoms with E-state index in [1.54, 1.807) is 13.1 Å². The summed E-state index contributed by atoms with van der Waals surface area (Å²) in [5.41, 5.74) is -0.455. The first kappa shape index (κ1) is 18.8. The van der Waals surface area contributed by atoms with Crippen LogP contribution in [0.15, 0.2) is 40.6 Å². The quantitative estimate of drug-likeness (QED) is 0.456. The zero-order valence-electron chi connectivity index (χ0n) is 13.8. The highest BCUT2D eigenvalue weighted by atomic mass is 28.3. The van der Waals surface area contributed by atoms with Crippen molar-refractivity contribution in [2.75, 3.05) is 0 Å². The van der Waals surface area contributed by atoms with Gasteiger partial charge in [-0.2, -0.15) is 26.3 Å². The molecule has 0 unspecified atom stereocenters. The third-order valence-electron chi connectivity index (χ3n) is 4.46. The molecule has 0 heterocycles. The average molecular weight is 364 g/mol. The predicted octanol–water partition coefficient (Wildman–Crippen LogP) is 5.85. The second-order valence-electron chi connectivity index (χ2n) is 6.75. The maximum atomic E-state index is 13.1. The topological polar surface area (TPSA) is 0 Å². The van der Waals surface area contributed by atoms with E-state index in [0.717, 1.165) is 28.5 Å². The Balaban J connectivity index is 2.63. The van der Waals surface area contributed by atoms with Crippen LogP contribution in [-0.4, -0.2) is 8.07 Å². The van der Waals surface area contributed by atoms with E-state index in [1.807, 2.05) is 19.9 Å². The van der Waals surface area contributed by atoms with E-state index in [-0.39, 0.29) is 11.3 Å². The molecule has 0 saturated carbocycles. The SMILES string of the molecule is CC1=CC(C)=C([Si](C)(C)c2cc(C(F)(F)F)cc(C(F)(F)F)c2)C1. The lowest BCUT2D eigenvalue weighted by Crippen LogP contribution is -2.45. The number of hydrogen-bond donors (Lipinski definition) is 0. The van der Waals surface area contributed by atoms with Crippen molar-refractivity contribution in [2.45, 2.75) is 45.7 Å². The maximum Gasteiger partial charge on any atom is 0.416 e. The van der Waals surface area contributed by atoms with Gasteiger partial charge in [0.05, 0.1) is 11.1 Å². The molecule has 132 valence electrons. The first-order valence-electron chi connectivity index (χ1n) is 7.40. The van der Waals surface area contributed by atoms with Crippen molar-refractivity contribution in [2.24, 2.45) is 0 Å². The minimum absolute atomic E-state index is 0.155. The highest BCUT2D eigenvalue weighted by Gasteiger charge is 2.40. The summed E-state index contributed by atoms with van der Waals surface area (Å²) in [4.78, 5) is 0. The lowest BCUT2D eigenvalue weighted by molar-refractivity contribution is -0.142. The molecule has 0 bridgehead atoms. The standard InChI is InChI=1S/C17H18F6Si/c1-10-5-11(2)15(6-10)24(3,4)14-8-12(16(18,19)20)7-13(9-14)17(21,22)23/h5,7-9H,6H2,1-4H3. The summed E-state index contributed by atoms with van der Waals surface area (Å²) in [5, 5.41) is 1.13. The van der Waals surface area contributed by atoms with E-state index in [2.05, 4.69) is 0 Å².